The van der Waals surface area contributed by atoms with Crippen molar-refractivity contribution in [3.05, 3.63) is 0 Å². The van der Waals surface area contributed by atoms with Crippen LogP contribution in [-0.2, 0) is 9.59 Å². The average molecular weight is 310 g/mol. The van der Waals surface area contributed by atoms with E-state index in [4.69, 9.17) is 11.6 Å². The van der Waals surface area contributed by atoms with Gasteiger partial charge in [-0.05, 0) is 66.9 Å². The molecule has 1 amide bonds. The minimum absolute atomic E-state index is 0.0150. The summed E-state index contributed by atoms with van der Waals surface area (Å²) in [6, 6.07) is 0. The maximum Gasteiger partial charge on any atom is 0.227 e. The number of amides is 1. The van der Waals surface area contributed by atoms with Crippen LogP contribution < -0.4 is 0 Å². The number of hydrogen-bond donors (Lipinski definition) is 0. The Labute approximate surface area is 131 Å². The molecule has 1 heterocycles. The molecule has 4 bridgehead atoms. The first-order valence-corrected chi connectivity index (χ1v) is 8.60. The molecule has 21 heavy (non-hydrogen) atoms. The lowest BCUT2D eigenvalue weighted by Gasteiger charge is -2.67. The lowest BCUT2D eigenvalue weighted by atomic mass is 9.42. The molecule has 3 atom stereocenters. The molecule has 0 radical (unpaired) electrons. The molecule has 0 unspecified atom stereocenters. The van der Waals surface area contributed by atoms with Crippen molar-refractivity contribution in [2.24, 2.45) is 22.7 Å². The Kier molecular flexibility index (Phi) is 2.70. The van der Waals surface area contributed by atoms with Crippen LogP contribution >= 0.6 is 11.6 Å². The van der Waals surface area contributed by atoms with Gasteiger partial charge in [-0.2, -0.15) is 0 Å². The SMILES string of the molecule is C[C@]12CC3CC(N4C[C@@H](C(=O)Cl)CC4=O)(C1)C[C@](C)(C3)C2. The normalized spacial score (nSPS) is 51.8. The van der Waals surface area contributed by atoms with Crippen LogP contribution in [0.2, 0.25) is 0 Å². The highest BCUT2D eigenvalue weighted by Crippen LogP contribution is 2.68. The summed E-state index contributed by atoms with van der Waals surface area (Å²) in [7, 11) is 0. The Morgan fingerprint density at radius 2 is 1.76 bits per heavy atom. The van der Waals surface area contributed by atoms with Gasteiger partial charge in [-0.3, -0.25) is 9.59 Å². The standard InChI is InChI=1S/C17H24ClNO2/c1-15-4-11-5-16(2,8-15)10-17(6-11,9-15)19-7-12(14(18)21)3-13(19)20/h11-12H,3-10H2,1-2H3/t11?,12-,15+,16+,17?/m0/s1. The van der Waals surface area contributed by atoms with E-state index < -0.39 is 0 Å². The molecule has 5 rings (SSSR count). The fourth-order valence-corrected chi connectivity index (χ4v) is 7.15. The first-order valence-electron chi connectivity index (χ1n) is 8.23. The zero-order valence-electron chi connectivity index (χ0n) is 13.0. The van der Waals surface area contributed by atoms with Crippen molar-refractivity contribution in [1.29, 1.82) is 0 Å². The number of halogens is 1. The summed E-state index contributed by atoms with van der Waals surface area (Å²) in [5.41, 5.74) is 0.788. The van der Waals surface area contributed by atoms with Gasteiger partial charge in [0.25, 0.3) is 0 Å². The molecule has 0 aromatic carbocycles. The topological polar surface area (TPSA) is 37.4 Å². The molecule has 5 aliphatic rings. The first-order chi connectivity index (χ1) is 9.73. The predicted octanol–water partition coefficient (Wildman–Crippen LogP) is 3.35. The molecule has 0 N–H and O–H groups in total. The largest absolute Gasteiger partial charge is 0.336 e. The van der Waals surface area contributed by atoms with Gasteiger partial charge in [0.05, 0.1) is 5.92 Å². The van der Waals surface area contributed by atoms with Crippen LogP contribution in [0.15, 0.2) is 0 Å². The number of nitrogens with zero attached hydrogens (tertiary/aromatic N) is 1. The second kappa shape index (κ2) is 4.04. The van der Waals surface area contributed by atoms with Crippen molar-refractivity contribution in [2.45, 2.75) is 64.3 Å². The molecule has 1 aliphatic heterocycles. The molecule has 3 nitrogen and oxygen atoms in total. The van der Waals surface area contributed by atoms with Crippen LogP contribution in [0.4, 0.5) is 0 Å². The minimum atomic E-state index is -0.340. The van der Waals surface area contributed by atoms with E-state index in [9.17, 15) is 9.59 Å². The summed E-state index contributed by atoms with van der Waals surface area (Å²) in [6.45, 7) is 5.38. The zero-order valence-corrected chi connectivity index (χ0v) is 13.7. The van der Waals surface area contributed by atoms with Crippen LogP contribution in [0.25, 0.3) is 0 Å². The van der Waals surface area contributed by atoms with Gasteiger partial charge in [-0.25, -0.2) is 0 Å². The van der Waals surface area contributed by atoms with Gasteiger partial charge < -0.3 is 4.90 Å². The van der Waals surface area contributed by atoms with Crippen LogP contribution in [0.1, 0.15) is 58.8 Å². The number of likely N-dealkylation sites (tertiary alicyclic amines) is 1. The van der Waals surface area contributed by atoms with E-state index >= 15 is 0 Å². The number of carbonyl (C=O) groups is 2. The second-order valence-electron chi connectivity index (χ2n) is 9.06. The molecule has 0 aromatic heterocycles. The van der Waals surface area contributed by atoms with Gasteiger partial charge >= 0.3 is 0 Å². The third-order valence-corrected chi connectivity index (χ3v) is 6.92. The van der Waals surface area contributed by atoms with Gasteiger partial charge in [0.2, 0.25) is 11.1 Å². The summed E-state index contributed by atoms with van der Waals surface area (Å²) in [5, 5.41) is -0.340. The Hall–Kier alpha value is -0.570. The molecule has 0 aromatic rings. The lowest BCUT2D eigenvalue weighted by molar-refractivity contribution is -0.170. The van der Waals surface area contributed by atoms with Crippen molar-refractivity contribution in [1.82, 2.24) is 4.90 Å². The zero-order chi connectivity index (χ0) is 15.0. The van der Waals surface area contributed by atoms with E-state index in [0.717, 1.165) is 25.2 Å². The van der Waals surface area contributed by atoms with E-state index in [1.165, 1.54) is 19.3 Å². The van der Waals surface area contributed by atoms with Crippen molar-refractivity contribution >= 4 is 22.8 Å². The summed E-state index contributed by atoms with van der Waals surface area (Å²) in [6.07, 6.45) is 7.67. The van der Waals surface area contributed by atoms with Crippen molar-refractivity contribution in [3.63, 3.8) is 0 Å². The Bertz CT molecular complexity index is 513. The van der Waals surface area contributed by atoms with Crippen molar-refractivity contribution < 1.29 is 9.59 Å². The van der Waals surface area contributed by atoms with Crippen molar-refractivity contribution in [3.8, 4) is 0 Å². The summed E-state index contributed by atoms with van der Waals surface area (Å²) >= 11 is 5.66. The van der Waals surface area contributed by atoms with Gasteiger partial charge in [-0.1, -0.05) is 13.8 Å². The fraction of sp³-hybridized carbons (Fsp3) is 0.882. The summed E-state index contributed by atoms with van der Waals surface area (Å²) in [5.74, 6) is 0.630. The Balaban J connectivity index is 1.68. The summed E-state index contributed by atoms with van der Waals surface area (Å²) in [4.78, 5) is 26.1. The lowest BCUT2D eigenvalue weighted by Crippen LogP contribution is -2.65. The van der Waals surface area contributed by atoms with E-state index in [1.54, 1.807) is 0 Å². The maximum absolute atomic E-state index is 12.5. The predicted molar refractivity (Wildman–Crippen MR) is 80.8 cm³/mol. The Morgan fingerprint density at radius 3 is 2.24 bits per heavy atom. The van der Waals surface area contributed by atoms with Crippen LogP contribution in [0.3, 0.4) is 0 Å². The molecular formula is C17H24ClNO2. The van der Waals surface area contributed by atoms with E-state index in [1.807, 2.05) is 0 Å². The third-order valence-electron chi connectivity index (χ3n) is 6.62. The number of hydrogen-bond acceptors (Lipinski definition) is 2. The molecular weight excluding hydrogens is 286 g/mol. The van der Waals surface area contributed by atoms with Gasteiger partial charge in [0.15, 0.2) is 0 Å². The average Bonchev–Trinajstić information content (AvgIpc) is 2.67. The molecule has 4 saturated carbocycles. The number of carbonyl (C=O) groups excluding carboxylic acids is 2. The molecule has 4 aliphatic carbocycles. The van der Waals surface area contributed by atoms with Crippen molar-refractivity contribution in [2.75, 3.05) is 6.54 Å². The van der Waals surface area contributed by atoms with E-state index in [2.05, 4.69) is 18.7 Å². The van der Waals surface area contributed by atoms with Crippen LogP contribution in [0, 0.1) is 22.7 Å². The first kappa shape index (κ1) is 14.0. The van der Waals surface area contributed by atoms with Gasteiger partial charge in [-0.15, -0.1) is 0 Å². The molecule has 5 fully saturated rings. The van der Waals surface area contributed by atoms with Gasteiger partial charge in [0.1, 0.15) is 0 Å². The molecule has 0 spiro atoms. The monoisotopic (exact) mass is 309 g/mol. The Morgan fingerprint density at radius 1 is 1.14 bits per heavy atom. The highest BCUT2D eigenvalue weighted by molar-refractivity contribution is 6.64. The maximum atomic E-state index is 12.5. The molecule has 4 heteroatoms. The quantitative estimate of drug-likeness (QED) is 0.734. The highest BCUT2D eigenvalue weighted by Gasteiger charge is 2.63. The third kappa shape index (κ3) is 1.99. The smallest absolute Gasteiger partial charge is 0.227 e. The second-order valence-corrected chi connectivity index (χ2v) is 9.44. The van der Waals surface area contributed by atoms with Crippen LogP contribution in [0.5, 0.6) is 0 Å². The highest BCUT2D eigenvalue weighted by atomic mass is 35.5. The molecule has 1 saturated heterocycles. The van der Waals surface area contributed by atoms with E-state index in [-0.39, 0.29) is 22.6 Å². The summed E-state index contributed by atoms with van der Waals surface area (Å²) < 4.78 is 0. The minimum Gasteiger partial charge on any atom is -0.336 e. The molecule has 116 valence electrons. The van der Waals surface area contributed by atoms with Crippen LogP contribution in [-0.4, -0.2) is 28.1 Å². The number of rotatable bonds is 2. The van der Waals surface area contributed by atoms with Gasteiger partial charge in [0, 0.05) is 18.5 Å². The fourth-order valence-electron chi connectivity index (χ4n) is 7.01. The van der Waals surface area contributed by atoms with E-state index in [0.29, 0.717) is 23.8 Å².